The molecular formula is C19H26N2O3. The van der Waals surface area contributed by atoms with Gasteiger partial charge in [-0.15, -0.1) is 0 Å². The number of anilines is 1. The number of piperidine rings is 1. The fourth-order valence-electron chi connectivity index (χ4n) is 2.91. The molecule has 1 heterocycles. The fraction of sp³-hybridized carbons (Fsp3) is 0.526. The van der Waals surface area contributed by atoms with Crippen LogP contribution in [-0.4, -0.2) is 35.6 Å². The molecule has 0 radical (unpaired) electrons. The van der Waals surface area contributed by atoms with Gasteiger partial charge in [0, 0.05) is 36.7 Å². The monoisotopic (exact) mass is 330 g/mol. The smallest absolute Gasteiger partial charge is 0.227 e. The van der Waals surface area contributed by atoms with E-state index in [1.807, 2.05) is 4.90 Å². The van der Waals surface area contributed by atoms with Crippen LogP contribution in [-0.2, 0) is 9.59 Å². The second-order valence-corrected chi connectivity index (χ2v) is 6.38. The number of Topliss-reactive ketones (excluding diaryl/α,β-unsaturated/α-hetero) is 1. The quantitative estimate of drug-likeness (QED) is 0.814. The molecule has 0 unspecified atom stereocenters. The number of benzene rings is 1. The molecule has 1 fully saturated rings. The average molecular weight is 330 g/mol. The standard InChI is InChI=1S/C19H26N2O3/c1-3-4-5-18(23)21-12-10-16(11-13-21)19(24)20-17-8-6-15(7-9-17)14(2)22/h6-9,16H,3-5,10-13H2,1-2H3,(H,20,24). The van der Waals surface area contributed by atoms with Gasteiger partial charge in [-0.1, -0.05) is 13.3 Å². The van der Waals surface area contributed by atoms with E-state index < -0.39 is 0 Å². The molecule has 1 aliphatic heterocycles. The Morgan fingerprint density at radius 2 is 1.75 bits per heavy atom. The second-order valence-electron chi connectivity index (χ2n) is 6.38. The maximum Gasteiger partial charge on any atom is 0.227 e. The van der Waals surface area contributed by atoms with Crippen LogP contribution in [0.1, 0.15) is 56.3 Å². The molecule has 2 rings (SSSR count). The van der Waals surface area contributed by atoms with Crippen molar-refractivity contribution in [3.8, 4) is 0 Å². The number of carbonyl (C=O) groups is 3. The highest BCUT2D eigenvalue weighted by atomic mass is 16.2. The largest absolute Gasteiger partial charge is 0.343 e. The third-order valence-electron chi connectivity index (χ3n) is 4.52. The molecule has 5 nitrogen and oxygen atoms in total. The lowest BCUT2D eigenvalue weighted by molar-refractivity contribution is -0.134. The minimum Gasteiger partial charge on any atom is -0.343 e. The summed E-state index contributed by atoms with van der Waals surface area (Å²) in [5.41, 5.74) is 1.33. The predicted molar refractivity (Wildman–Crippen MR) is 93.9 cm³/mol. The van der Waals surface area contributed by atoms with Gasteiger partial charge in [-0.2, -0.15) is 0 Å². The summed E-state index contributed by atoms with van der Waals surface area (Å²) in [6.45, 7) is 4.91. The molecule has 130 valence electrons. The Morgan fingerprint density at radius 1 is 1.12 bits per heavy atom. The molecule has 1 aromatic rings. The Kier molecular flexibility index (Phi) is 6.53. The number of nitrogens with one attached hydrogen (secondary N) is 1. The molecule has 1 saturated heterocycles. The maximum absolute atomic E-state index is 12.4. The third kappa shape index (κ3) is 4.91. The number of hydrogen-bond acceptors (Lipinski definition) is 3. The molecule has 0 spiro atoms. The van der Waals surface area contributed by atoms with Crippen LogP contribution < -0.4 is 5.32 Å². The fourth-order valence-corrected chi connectivity index (χ4v) is 2.91. The van der Waals surface area contributed by atoms with Crippen molar-refractivity contribution in [3.05, 3.63) is 29.8 Å². The molecule has 24 heavy (non-hydrogen) atoms. The number of nitrogens with zero attached hydrogens (tertiary/aromatic N) is 1. The van der Waals surface area contributed by atoms with Gasteiger partial charge in [0.15, 0.2) is 5.78 Å². The van der Waals surface area contributed by atoms with E-state index in [0.29, 0.717) is 43.6 Å². The molecule has 0 atom stereocenters. The van der Waals surface area contributed by atoms with Crippen molar-refractivity contribution in [2.45, 2.75) is 46.0 Å². The topological polar surface area (TPSA) is 66.5 Å². The van der Waals surface area contributed by atoms with E-state index in [-0.39, 0.29) is 23.5 Å². The van der Waals surface area contributed by atoms with Crippen molar-refractivity contribution in [2.75, 3.05) is 18.4 Å². The van der Waals surface area contributed by atoms with Crippen molar-refractivity contribution in [2.24, 2.45) is 5.92 Å². The lowest BCUT2D eigenvalue weighted by atomic mass is 9.95. The van der Waals surface area contributed by atoms with E-state index in [1.165, 1.54) is 6.92 Å². The highest BCUT2D eigenvalue weighted by Gasteiger charge is 2.27. The lowest BCUT2D eigenvalue weighted by Gasteiger charge is -2.31. The van der Waals surface area contributed by atoms with Crippen LogP contribution in [0.4, 0.5) is 5.69 Å². The molecular weight excluding hydrogens is 304 g/mol. The van der Waals surface area contributed by atoms with E-state index in [2.05, 4.69) is 12.2 Å². The number of amides is 2. The van der Waals surface area contributed by atoms with E-state index in [9.17, 15) is 14.4 Å². The maximum atomic E-state index is 12.4. The van der Waals surface area contributed by atoms with Crippen molar-refractivity contribution < 1.29 is 14.4 Å². The summed E-state index contributed by atoms with van der Waals surface area (Å²) in [7, 11) is 0. The van der Waals surface area contributed by atoms with Gasteiger partial charge < -0.3 is 10.2 Å². The first-order valence-electron chi connectivity index (χ1n) is 8.71. The zero-order valence-electron chi connectivity index (χ0n) is 14.5. The number of rotatable bonds is 6. The van der Waals surface area contributed by atoms with Crippen molar-refractivity contribution in [1.29, 1.82) is 0 Å². The summed E-state index contributed by atoms with van der Waals surface area (Å²) in [6.07, 6.45) is 3.96. The summed E-state index contributed by atoms with van der Waals surface area (Å²) >= 11 is 0. The molecule has 0 aliphatic carbocycles. The molecule has 0 aromatic heterocycles. The van der Waals surface area contributed by atoms with Gasteiger partial charge in [0.1, 0.15) is 0 Å². The van der Waals surface area contributed by atoms with E-state index in [1.54, 1.807) is 24.3 Å². The first-order chi connectivity index (χ1) is 11.5. The molecule has 0 bridgehead atoms. The first kappa shape index (κ1) is 18.2. The zero-order chi connectivity index (χ0) is 17.5. The van der Waals surface area contributed by atoms with E-state index >= 15 is 0 Å². The Labute approximate surface area is 143 Å². The summed E-state index contributed by atoms with van der Waals surface area (Å²) in [6, 6.07) is 6.93. The van der Waals surface area contributed by atoms with Crippen molar-refractivity contribution in [3.63, 3.8) is 0 Å². The van der Waals surface area contributed by atoms with Crippen LogP contribution in [0, 0.1) is 5.92 Å². The minimum atomic E-state index is -0.0623. The van der Waals surface area contributed by atoms with Gasteiger partial charge in [0.25, 0.3) is 0 Å². The number of likely N-dealkylation sites (tertiary alicyclic amines) is 1. The normalized spacial score (nSPS) is 15.2. The van der Waals surface area contributed by atoms with Gasteiger partial charge in [-0.05, 0) is 50.5 Å². The SMILES string of the molecule is CCCCC(=O)N1CCC(C(=O)Nc2ccc(C(C)=O)cc2)CC1. The van der Waals surface area contributed by atoms with Gasteiger partial charge >= 0.3 is 0 Å². The van der Waals surface area contributed by atoms with Crippen LogP contribution in [0.25, 0.3) is 0 Å². The Balaban J connectivity index is 1.82. The van der Waals surface area contributed by atoms with Crippen LogP contribution in [0.5, 0.6) is 0 Å². The summed E-state index contributed by atoms with van der Waals surface area (Å²) in [4.78, 5) is 37.5. The van der Waals surface area contributed by atoms with E-state index in [0.717, 1.165) is 12.8 Å². The highest BCUT2D eigenvalue weighted by molar-refractivity contribution is 5.96. The van der Waals surface area contributed by atoms with Crippen LogP contribution >= 0.6 is 0 Å². The first-order valence-corrected chi connectivity index (χ1v) is 8.71. The molecule has 2 amide bonds. The second kappa shape index (κ2) is 8.62. The van der Waals surface area contributed by atoms with Gasteiger partial charge in [0.2, 0.25) is 11.8 Å². The number of unbranched alkanes of at least 4 members (excludes halogenated alkanes) is 1. The number of carbonyl (C=O) groups excluding carboxylic acids is 3. The predicted octanol–water partition coefficient (Wildman–Crippen LogP) is 3.26. The number of ketones is 1. The molecule has 0 saturated carbocycles. The highest BCUT2D eigenvalue weighted by Crippen LogP contribution is 2.20. The number of hydrogen-bond donors (Lipinski definition) is 1. The van der Waals surface area contributed by atoms with Crippen molar-refractivity contribution in [1.82, 2.24) is 4.90 Å². The summed E-state index contributed by atoms with van der Waals surface area (Å²) < 4.78 is 0. The van der Waals surface area contributed by atoms with Gasteiger partial charge in [-0.25, -0.2) is 0 Å². The van der Waals surface area contributed by atoms with Crippen LogP contribution in [0.15, 0.2) is 24.3 Å². The van der Waals surface area contributed by atoms with E-state index in [4.69, 9.17) is 0 Å². The Bertz CT molecular complexity index is 587. The minimum absolute atomic E-state index is 0.00740. The van der Waals surface area contributed by atoms with Crippen molar-refractivity contribution >= 4 is 23.3 Å². The average Bonchev–Trinajstić information content (AvgIpc) is 2.60. The summed E-state index contributed by atoms with van der Waals surface area (Å²) in [5.74, 6) is 0.141. The molecule has 1 aliphatic rings. The molecule has 1 N–H and O–H groups in total. The lowest BCUT2D eigenvalue weighted by Crippen LogP contribution is -2.41. The van der Waals surface area contributed by atoms with Gasteiger partial charge in [0.05, 0.1) is 0 Å². The zero-order valence-corrected chi connectivity index (χ0v) is 14.5. The summed E-state index contributed by atoms with van der Waals surface area (Å²) in [5, 5.41) is 2.90. The van der Waals surface area contributed by atoms with Crippen LogP contribution in [0.2, 0.25) is 0 Å². The Morgan fingerprint density at radius 3 is 2.29 bits per heavy atom. The molecule has 1 aromatic carbocycles. The Hall–Kier alpha value is -2.17. The van der Waals surface area contributed by atoms with Gasteiger partial charge in [-0.3, -0.25) is 14.4 Å². The molecule has 5 heteroatoms. The van der Waals surface area contributed by atoms with Crippen LogP contribution in [0.3, 0.4) is 0 Å². The third-order valence-corrected chi connectivity index (χ3v) is 4.52.